The monoisotopic (exact) mass is 423 g/mol. The van der Waals surface area contributed by atoms with E-state index in [-0.39, 0.29) is 18.4 Å². The third-order valence-corrected chi connectivity index (χ3v) is 6.05. The van der Waals surface area contributed by atoms with Gasteiger partial charge < -0.3 is 14.7 Å². The first-order chi connectivity index (χ1) is 14.8. The summed E-state index contributed by atoms with van der Waals surface area (Å²) in [5.74, 6) is 0.109. The second-order valence-electron chi connectivity index (χ2n) is 8.84. The molecule has 1 heterocycles. The molecule has 5 heteroatoms. The predicted molar refractivity (Wildman–Crippen MR) is 122 cm³/mol. The fourth-order valence-corrected chi connectivity index (χ4v) is 4.00. The highest BCUT2D eigenvalue weighted by atomic mass is 16.5. The Morgan fingerprint density at radius 3 is 2.48 bits per heavy atom. The molecule has 0 bridgehead atoms. The number of benzene rings is 2. The number of ether oxygens (including phenoxy) is 1. The average molecular weight is 424 g/mol. The SMILES string of the molecule is CC(COc1ccccc1C1CCCN(C(=O)Cc2ccc(C(C)C)cc2)C1)C(=O)O. The molecule has 2 unspecified atom stereocenters. The zero-order valence-corrected chi connectivity index (χ0v) is 18.7. The number of likely N-dealkylation sites (tertiary alicyclic amines) is 1. The lowest BCUT2D eigenvalue weighted by atomic mass is 9.89. The molecule has 2 aromatic carbocycles. The second-order valence-corrected chi connectivity index (χ2v) is 8.84. The number of carbonyl (C=O) groups is 2. The van der Waals surface area contributed by atoms with Gasteiger partial charge in [-0.2, -0.15) is 0 Å². The van der Waals surface area contributed by atoms with Gasteiger partial charge in [0.1, 0.15) is 12.4 Å². The summed E-state index contributed by atoms with van der Waals surface area (Å²) in [5, 5.41) is 9.11. The van der Waals surface area contributed by atoms with Crippen LogP contribution in [0.15, 0.2) is 48.5 Å². The van der Waals surface area contributed by atoms with Crippen molar-refractivity contribution in [3.05, 3.63) is 65.2 Å². The Hall–Kier alpha value is -2.82. The van der Waals surface area contributed by atoms with Gasteiger partial charge in [0.15, 0.2) is 0 Å². The van der Waals surface area contributed by atoms with Gasteiger partial charge in [-0.05, 0) is 48.4 Å². The number of carbonyl (C=O) groups excluding carboxylic acids is 1. The Kier molecular flexibility index (Phi) is 7.72. The highest BCUT2D eigenvalue weighted by Crippen LogP contribution is 2.33. The van der Waals surface area contributed by atoms with Crippen molar-refractivity contribution in [2.45, 2.75) is 51.9 Å². The minimum Gasteiger partial charge on any atom is -0.492 e. The summed E-state index contributed by atoms with van der Waals surface area (Å²) in [4.78, 5) is 26.0. The fourth-order valence-electron chi connectivity index (χ4n) is 4.00. The van der Waals surface area contributed by atoms with Gasteiger partial charge in [-0.15, -0.1) is 0 Å². The Morgan fingerprint density at radius 2 is 1.81 bits per heavy atom. The summed E-state index contributed by atoms with van der Waals surface area (Å²) in [6.45, 7) is 7.54. The number of hydrogen-bond acceptors (Lipinski definition) is 3. The summed E-state index contributed by atoms with van der Waals surface area (Å²) in [5.41, 5.74) is 3.38. The van der Waals surface area contributed by atoms with Crippen molar-refractivity contribution in [3.8, 4) is 5.75 Å². The number of amides is 1. The number of nitrogens with zero attached hydrogens (tertiary/aromatic N) is 1. The van der Waals surface area contributed by atoms with E-state index in [9.17, 15) is 9.59 Å². The molecule has 1 fully saturated rings. The third kappa shape index (κ3) is 6.09. The van der Waals surface area contributed by atoms with Crippen molar-refractivity contribution < 1.29 is 19.4 Å². The van der Waals surface area contributed by atoms with Gasteiger partial charge >= 0.3 is 5.97 Å². The maximum atomic E-state index is 13.0. The molecule has 1 amide bonds. The first kappa shape index (κ1) is 22.9. The van der Waals surface area contributed by atoms with Gasteiger partial charge in [0.05, 0.1) is 12.3 Å². The molecule has 0 aliphatic carbocycles. The van der Waals surface area contributed by atoms with E-state index in [0.717, 1.165) is 36.3 Å². The van der Waals surface area contributed by atoms with Gasteiger partial charge in [-0.3, -0.25) is 9.59 Å². The molecular formula is C26H33NO4. The number of para-hydroxylation sites is 1. The molecule has 5 nitrogen and oxygen atoms in total. The number of hydrogen-bond donors (Lipinski definition) is 1. The minimum absolute atomic E-state index is 0.133. The van der Waals surface area contributed by atoms with Crippen LogP contribution in [0.2, 0.25) is 0 Å². The number of aliphatic carboxylic acids is 1. The molecule has 0 aromatic heterocycles. The van der Waals surface area contributed by atoms with Gasteiger partial charge in [-0.1, -0.05) is 56.3 Å². The molecule has 1 aliphatic rings. The van der Waals surface area contributed by atoms with Crippen LogP contribution in [0.25, 0.3) is 0 Å². The van der Waals surface area contributed by atoms with E-state index in [2.05, 4.69) is 38.1 Å². The molecule has 2 aromatic rings. The van der Waals surface area contributed by atoms with Crippen LogP contribution in [-0.4, -0.2) is 41.6 Å². The van der Waals surface area contributed by atoms with E-state index >= 15 is 0 Å². The highest BCUT2D eigenvalue weighted by molar-refractivity contribution is 5.79. The van der Waals surface area contributed by atoms with Crippen LogP contribution >= 0.6 is 0 Å². The van der Waals surface area contributed by atoms with Crippen molar-refractivity contribution in [1.29, 1.82) is 0 Å². The van der Waals surface area contributed by atoms with Crippen LogP contribution in [0.4, 0.5) is 0 Å². The van der Waals surface area contributed by atoms with Crippen LogP contribution < -0.4 is 4.74 Å². The largest absolute Gasteiger partial charge is 0.492 e. The van der Waals surface area contributed by atoms with Crippen molar-refractivity contribution in [1.82, 2.24) is 4.90 Å². The summed E-state index contributed by atoms with van der Waals surface area (Å²) in [6, 6.07) is 16.1. The Labute approximate surface area is 185 Å². The number of carboxylic acids is 1. The lowest BCUT2D eigenvalue weighted by Gasteiger charge is -2.34. The van der Waals surface area contributed by atoms with Crippen LogP contribution in [0.5, 0.6) is 5.75 Å². The van der Waals surface area contributed by atoms with Gasteiger partial charge in [0.25, 0.3) is 0 Å². The zero-order valence-electron chi connectivity index (χ0n) is 18.7. The molecule has 166 valence electrons. The quantitative estimate of drug-likeness (QED) is 0.659. The number of piperidine rings is 1. The van der Waals surface area contributed by atoms with Crippen molar-refractivity contribution in [2.24, 2.45) is 5.92 Å². The lowest BCUT2D eigenvalue weighted by molar-refractivity contribution is -0.142. The normalized spacial score (nSPS) is 17.4. The van der Waals surface area contributed by atoms with Crippen LogP contribution in [-0.2, 0) is 16.0 Å². The van der Waals surface area contributed by atoms with Crippen LogP contribution in [0.1, 0.15) is 62.1 Å². The topological polar surface area (TPSA) is 66.8 Å². The predicted octanol–water partition coefficient (Wildman–Crippen LogP) is 4.86. The third-order valence-electron chi connectivity index (χ3n) is 6.05. The van der Waals surface area contributed by atoms with E-state index in [1.807, 2.05) is 29.2 Å². The van der Waals surface area contributed by atoms with Crippen LogP contribution in [0, 0.1) is 5.92 Å². The molecule has 1 saturated heterocycles. The van der Waals surface area contributed by atoms with E-state index in [0.29, 0.717) is 18.9 Å². The van der Waals surface area contributed by atoms with E-state index in [4.69, 9.17) is 9.84 Å². The Morgan fingerprint density at radius 1 is 1.10 bits per heavy atom. The standard InChI is InChI=1S/C26H33NO4/c1-18(2)21-12-10-20(11-13-21)15-25(28)27-14-6-7-22(16-27)23-8-4-5-9-24(23)31-17-19(3)26(29)30/h4-5,8-13,18-19,22H,6-7,14-17H2,1-3H3,(H,29,30). The maximum absolute atomic E-state index is 13.0. The Bertz CT molecular complexity index is 891. The van der Waals surface area contributed by atoms with Crippen LogP contribution in [0.3, 0.4) is 0 Å². The van der Waals surface area contributed by atoms with E-state index in [1.54, 1.807) is 6.92 Å². The van der Waals surface area contributed by atoms with E-state index in [1.165, 1.54) is 5.56 Å². The van der Waals surface area contributed by atoms with Crippen molar-refractivity contribution in [3.63, 3.8) is 0 Å². The van der Waals surface area contributed by atoms with Crippen molar-refractivity contribution in [2.75, 3.05) is 19.7 Å². The summed E-state index contributed by atoms with van der Waals surface area (Å²) >= 11 is 0. The first-order valence-corrected chi connectivity index (χ1v) is 11.2. The fraction of sp³-hybridized carbons (Fsp3) is 0.462. The molecule has 0 saturated carbocycles. The lowest BCUT2D eigenvalue weighted by Crippen LogP contribution is -2.40. The summed E-state index contributed by atoms with van der Waals surface area (Å²) < 4.78 is 5.85. The number of rotatable bonds is 8. The highest BCUT2D eigenvalue weighted by Gasteiger charge is 2.27. The molecule has 3 rings (SSSR count). The maximum Gasteiger partial charge on any atom is 0.309 e. The molecule has 1 aliphatic heterocycles. The molecule has 0 spiro atoms. The Balaban J connectivity index is 1.65. The second kappa shape index (κ2) is 10.5. The average Bonchev–Trinajstić information content (AvgIpc) is 2.78. The molecule has 1 N–H and O–H groups in total. The molecule has 2 atom stereocenters. The number of carboxylic acid groups (broad SMARTS) is 1. The zero-order chi connectivity index (χ0) is 22.4. The molecule has 0 radical (unpaired) electrons. The van der Waals surface area contributed by atoms with Crippen molar-refractivity contribution >= 4 is 11.9 Å². The minimum atomic E-state index is -0.867. The van der Waals surface area contributed by atoms with E-state index < -0.39 is 11.9 Å². The molecular weight excluding hydrogens is 390 g/mol. The summed E-state index contributed by atoms with van der Waals surface area (Å²) in [6.07, 6.45) is 2.35. The summed E-state index contributed by atoms with van der Waals surface area (Å²) in [7, 11) is 0. The van der Waals surface area contributed by atoms with Gasteiger partial charge in [0, 0.05) is 19.0 Å². The van der Waals surface area contributed by atoms with Gasteiger partial charge in [0.2, 0.25) is 5.91 Å². The van der Waals surface area contributed by atoms with Gasteiger partial charge in [-0.25, -0.2) is 0 Å². The smallest absolute Gasteiger partial charge is 0.309 e. The molecule has 31 heavy (non-hydrogen) atoms. The first-order valence-electron chi connectivity index (χ1n) is 11.2.